The first-order valence-corrected chi connectivity index (χ1v) is 5.62. The summed E-state index contributed by atoms with van der Waals surface area (Å²) >= 11 is 1.57. The van der Waals surface area contributed by atoms with Gasteiger partial charge in [0.25, 0.3) is 0 Å². The third-order valence-electron chi connectivity index (χ3n) is 2.27. The second-order valence-corrected chi connectivity index (χ2v) is 4.36. The van der Waals surface area contributed by atoms with Crippen LogP contribution < -0.4 is 0 Å². The van der Waals surface area contributed by atoms with E-state index in [1.54, 1.807) is 29.9 Å². The lowest BCUT2D eigenvalue weighted by molar-refractivity contribution is 0.177. The third kappa shape index (κ3) is 2.40. The molecular weight excluding hydrogens is 208 g/mol. The monoisotopic (exact) mass is 220 g/mol. The van der Waals surface area contributed by atoms with Gasteiger partial charge in [0.2, 0.25) is 0 Å². The standard InChI is InChI=1S/C11H12N2OS/c1-8-7-12-3-2-9(8)10(14)6-11-13-4-5-15-11/h2-5,7,10,14H,6H2,1H3. The number of pyridine rings is 1. The first kappa shape index (κ1) is 10.3. The summed E-state index contributed by atoms with van der Waals surface area (Å²) < 4.78 is 0. The lowest BCUT2D eigenvalue weighted by Crippen LogP contribution is -2.03. The van der Waals surface area contributed by atoms with E-state index in [-0.39, 0.29) is 0 Å². The summed E-state index contributed by atoms with van der Waals surface area (Å²) in [6.45, 7) is 1.95. The Morgan fingerprint density at radius 3 is 3.00 bits per heavy atom. The highest BCUT2D eigenvalue weighted by atomic mass is 32.1. The van der Waals surface area contributed by atoms with Crippen molar-refractivity contribution >= 4 is 11.3 Å². The molecule has 1 atom stereocenters. The van der Waals surface area contributed by atoms with Crippen LogP contribution in [-0.2, 0) is 6.42 Å². The molecule has 2 aromatic heterocycles. The second kappa shape index (κ2) is 4.51. The molecule has 0 spiro atoms. The Kier molecular flexibility index (Phi) is 3.08. The van der Waals surface area contributed by atoms with Gasteiger partial charge in [0, 0.05) is 30.4 Å². The molecule has 78 valence electrons. The highest BCUT2D eigenvalue weighted by Gasteiger charge is 2.12. The fourth-order valence-electron chi connectivity index (χ4n) is 1.49. The van der Waals surface area contributed by atoms with Gasteiger partial charge >= 0.3 is 0 Å². The Balaban J connectivity index is 2.15. The van der Waals surface area contributed by atoms with E-state index in [0.29, 0.717) is 6.42 Å². The van der Waals surface area contributed by atoms with E-state index in [1.807, 2.05) is 18.4 Å². The van der Waals surface area contributed by atoms with E-state index in [2.05, 4.69) is 9.97 Å². The third-order valence-corrected chi connectivity index (χ3v) is 3.08. The van der Waals surface area contributed by atoms with Crippen molar-refractivity contribution < 1.29 is 5.11 Å². The number of aliphatic hydroxyl groups is 1. The van der Waals surface area contributed by atoms with Gasteiger partial charge in [-0.25, -0.2) is 4.98 Å². The Hall–Kier alpha value is -1.26. The van der Waals surface area contributed by atoms with Crippen molar-refractivity contribution in [2.45, 2.75) is 19.4 Å². The van der Waals surface area contributed by atoms with E-state index in [0.717, 1.165) is 16.1 Å². The molecule has 0 saturated heterocycles. The molecule has 1 N–H and O–H groups in total. The average molecular weight is 220 g/mol. The molecule has 0 aliphatic heterocycles. The van der Waals surface area contributed by atoms with E-state index >= 15 is 0 Å². The van der Waals surface area contributed by atoms with Gasteiger partial charge in [-0.3, -0.25) is 4.98 Å². The minimum atomic E-state index is -0.487. The van der Waals surface area contributed by atoms with Crippen molar-refractivity contribution in [2.24, 2.45) is 0 Å². The van der Waals surface area contributed by atoms with E-state index in [1.165, 1.54) is 0 Å². The highest BCUT2D eigenvalue weighted by Crippen LogP contribution is 2.21. The van der Waals surface area contributed by atoms with Crippen LogP contribution in [0.15, 0.2) is 30.0 Å². The highest BCUT2D eigenvalue weighted by molar-refractivity contribution is 7.09. The van der Waals surface area contributed by atoms with Crippen molar-refractivity contribution in [3.05, 3.63) is 46.2 Å². The predicted molar refractivity (Wildman–Crippen MR) is 59.8 cm³/mol. The molecule has 0 saturated carbocycles. The van der Waals surface area contributed by atoms with Gasteiger partial charge in [0.05, 0.1) is 11.1 Å². The van der Waals surface area contributed by atoms with Crippen molar-refractivity contribution in [1.29, 1.82) is 0 Å². The molecule has 3 nitrogen and oxygen atoms in total. The van der Waals surface area contributed by atoms with Crippen molar-refractivity contribution in [2.75, 3.05) is 0 Å². The number of hydrogen-bond acceptors (Lipinski definition) is 4. The maximum absolute atomic E-state index is 10.0. The quantitative estimate of drug-likeness (QED) is 0.861. The molecule has 0 radical (unpaired) electrons. The zero-order valence-corrected chi connectivity index (χ0v) is 9.24. The molecule has 0 aliphatic rings. The maximum Gasteiger partial charge on any atom is 0.0954 e. The van der Waals surface area contributed by atoms with Crippen LogP contribution in [0, 0.1) is 6.92 Å². The van der Waals surface area contributed by atoms with Crippen molar-refractivity contribution in [1.82, 2.24) is 9.97 Å². The van der Waals surface area contributed by atoms with Gasteiger partial charge in [-0.2, -0.15) is 0 Å². The molecule has 0 aromatic carbocycles. The second-order valence-electron chi connectivity index (χ2n) is 3.38. The molecule has 2 heterocycles. The minimum Gasteiger partial charge on any atom is -0.388 e. The Morgan fingerprint density at radius 1 is 1.47 bits per heavy atom. The van der Waals surface area contributed by atoms with Crippen molar-refractivity contribution in [3.63, 3.8) is 0 Å². The number of rotatable bonds is 3. The smallest absolute Gasteiger partial charge is 0.0954 e. The van der Waals surface area contributed by atoms with E-state index in [4.69, 9.17) is 0 Å². The molecule has 0 aliphatic carbocycles. The average Bonchev–Trinajstić information content (AvgIpc) is 2.71. The molecule has 0 amide bonds. The van der Waals surface area contributed by atoms with Gasteiger partial charge in [-0.15, -0.1) is 11.3 Å². The number of aromatic nitrogens is 2. The van der Waals surface area contributed by atoms with Gasteiger partial charge in [0.1, 0.15) is 0 Å². The topological polar surface area (TPSA) is 46.0 Å². The zero-order chi connectivity index (χ0) is 10.7. The first-order chi connectivity index (χ1) is 7.27. The summed E-state index contributed by atoms with van der Waals surface area (Å²) in [4.78, 5) is 8.15. The van der Waals surface area contributed by atoms with Crippen LogP contribution in [0.25, 0.3) is 0 Å². The first-order valence-electron chi connectivity index (χ1n) is 4.74. The van der Waals surface area contributed by atoms with Crippen LogP contribution in [-0.4, -0.2) is 15.1 Å². The summed E-state index contributed by atoms with van der Waals surface area (Å²) in [6, 6.07) is 1.85. The SMILES string of the molecule is Cc1cnccc1C(O)Cc1nccs1. The lowest BCUT2D eigenvalue weighted by Gasteiger charge is -2.11. The minimum absolute atomic E-state index is 0.487. The largest absolute Gasteiger partial charge is 0.388 e. The van der Waals surface area contributed by atoms with Crippen LogP contribution in [0.5, 0.6) is 0 Å². The molecule has 0 bridgehead atoms. The van der Waals surface area contributed by atoms with Gasteiger partial charge in [0.15, 0.2) is 0 Å². The number of aliphatic hydroxyl groups excluding tert-OH is 1. The maximum atomic E-state index is 10.0. The van der Waals surface area contributed by atoms with Crippen LogP contribution in [0.1, 0.15) is 22.2 Å². The fourth-order valence-corrected chi connectivity index (χ4v) is 2.14. The predicted octanol–water partition coefficient (Wildman–Crippen LogP) is 2.12. The molecule has 15 heavy (non-hydrogen) atoms. The summed E-state index contributed by atoms with van der Waals surface area (Å²) in [7, 11) is 0. The number of thiazole rings is 1. The van der Waals surface area contributed by atoms with Gasteiger partial charge < -0.3 is 5.11 Å². The molecule has 1 unspecified atom stereocenters. The normalized spacial score (nSPS) is 12.7. The Morgan fingerprint density at radius 2 is 2.33 bits per heavy atom. The summed E-state index contributed by atoms with van der Waals surface area (Å²) in [5.74, 6) is 0. The summed E-state index contributed by atoms with van der Waals surface area (Å²) in [5, 5.41) is 12.9. The Labute approximate surface area is 92.5 Å². The summed E-state index contributed by atoms with van der Waals surface area (Å²) in [6.07, 6.45) is 5.31. The van der Waals surface area contributed by atoms with E-state index in [9.17, 15) is 5.11 Å². The number of aryl methyl sites for hydroxylation is 1. The molecule has 4 heteroatoms. The zero-order valence-electron chi connectivity index (χ0n) is 8.42. The van der Waals surface area contributed by atoms with Gasteiger partial charge in [-0.1, -0.05) is 0 Å². The van der Waals surface area contributed by atoms with Crippen LogP contribution in [0.4, 0.5) is 0 Å². The summed E-state index contributed by atoms with van der Waals surface area (Å²) in [5.41, 5.74) is 1.95. The number of hydrogen-bond donors (Lipinski definition) is 1. The molecule has 2 rings (SSSR count). The van der Waals surface area contributed by atoms with Gasteiger partial charge in [-0.05, 0) is 24.1 Å². The van der Waals surface area contributed by atoms with Crippen molar-refractivity contribution in [3.8, 4) is 0 Å². The molecule has 2 aromatic rings. The number of nitrogens with zero attached hydrogens (tertiary/aromatic N) is 2. The molecular formula is C11H12N2OS. The van der Waals surface area contributed by atoms with Crippen LogP contribution in [0.2, 0.25) is 0 Å². The molecule has 0 fully saturated rings. The van der Waals surface area contributed by atoms with Crippen LogP contribution >= 0.6 is 11.3 Å². The fraction of sp³-hybridized carbons (Fsp3) is 0.273. The lowest BCUT2D eigenvalue weighted by atomic mass is 10.0. The van der Waals surface area contributed by atoms with Crippen LogP contribution in [0.3, 0.4) is 0 Å². The van der Waals surface area contributed by atoms with E-state index < -0.39 is 6.10 Å². The Bertz CT molecular complexity index is 428.